The molecule has 0 radical (unpaired) electrons. The maximum Gasteiger partial charge on any atom is 0.379 e. The number of hydrogen-bond acceptors (Lipinski definition) is 14. The molecule has 3 aromatic carbocycles. The second-order valence-electron chi connectivity index (χ2n) is 14.5. The lowest BCUT2D eigenvalue weighted by Gasteiger charge is -2.43. The van der Waals surface area contributed by atoms with Gasteiger partial charge in [0.25, 0.3) is 14.1 Å². The zero-order chi connectivity index (χ0) is 43.5. The molecule has 0 heterocycles. The second kappa shape index (κ2) is 33.2. The minimum atomic E-state index is -2.55. The number of hydrogen-bond donors (Lipinski definition) is 0. The number of benzene rings is 3. The summed E-state index contributed by atoms with van der Waals surface area (Å²) in [4.78, 5) is 23.7. The summed E-state index contributed by atoms with van der Waals surface area (Å²) >= 11 is 0. The average Bonchev–Trinajstić information content (AvgIpc) is 3.28. The topological polar surface area (TPSA) is 145 Å². The van der Waals surface area contributed by atoms with Crippen LogP contribution < -0.4 is 10.4 Å². The first-order chi connectivity index (χ1) is 29.9. The van der Waals surface area contributed by atoms with Gasteiger partial charge < -0.3 is 56.5 Å². The normalized spacial score (nSPS) is 11.9. The van der Waals surface area contributed by atoms with E-state index in [1.165, 1.54) is 10.4 Å². The van der Waals surface area contributed by atoms with E-state index in [0.29, 0.717) is 138 Å². The van der Waals surface area contributed by atoms with Gasteiger partial charge in [-0.05, 0) is 15.4 Å². The lowest BCUT2D eigenvalue weighted by Crippen LogP contribution is -2.66. The van der Waals surface area contributed by atoms with Crippen LogP contribution in [0.1, 0.15) is 31.1 Å². The van der Waals surface area contributed by atoms with Gasteiger partial charge in [-0.25, -0.2) is 4.79 Å². The van der Waals surface area contributed by atoms with E-state index >= 15 is 0 Å². The van der Waals surface area contributed by atoms with Crippen LogP contribution in [0.3, 0.4) is 0 Å². The van der Waals surface area contributed by atoms with Crippen LogP contribution in [0.2, 0.25) is 5.04 Å². The number of carbonyl (C=O) groups excluding carboxylic acids is 2. The molecule has 0 bridgehead atoms. The molecule has 0 atom stereocenters. The summed E-state index contributed by atoms with van der Waals surface area (Å²) in [5.74, 6) is -1.58. The first kappa shape index (κ1) is 51.9. The fourth-order valence-corrected chi connectivity index (χ4v) is 10.6. The van der Waals surface area contributed by atoms with Crippen LogP contribution in [-0.4, -0.2) is 165 Å². The highest BCUT2D eigenvalue weighted by atomic mass is 28.4. The first-order valence-electron chi connectivity index (χ1n) is 21.1. The quantitative estimate of drug-likeness (QED) is 0.0267. The van der Waals surface area contributed by atoms with Crippen molar-refractivity contribution in [2.75, 3.05) is 145 Å². The third-order valence-electron chi connectivity index (χ3n) is 8.99. The SMILES string of the molecule is CC(C)(C)[Si](OCCOCCOCCOCCOCCOCCOCCOCCOCCOCCOCCOC(=O)C(=O)c1ccccc1)(c1ccccc1)c1ccccc1. The molecule has 0 amide bonds. The van der Waals surface area contributed by atoms with Crippen molar-refractivity contribution in [3.05, 3.63) is 96.6 Å². The molecule has 0 aromatic heterocycles. The van der Waals surface area contributed by atoms with E-state index in [0.717, 1.165) is 0 Å². The predicted molar refractivity (Wildman–Crippen MR) is 233 cm³/mol. The third kappa shape index (κ3) is 22.0. The number of ether oxygens (including phenoxy) is 11. The van der Waals surface area contributed by atoms with Gasteiger partial charge in [-0.2, -0.15) is 0 Å². The standard InChI is InChI=1S/C46H68O14Si/c1-46(2,3)61(42-15-9-5-10-16-42,43-17-11-6-12-18-43)60-40-38-58-36-34-56-32-30-54-28-26-52-24-22-50-20-19-49-21-23-51-25-27-53-29-31-55-33-35-57-37-39-59-45(48)44(47)41-13-7-4-8-14-41/h4-18H,19-40H2,1-3H3. The Balaban J connectivity index is 0.990. The van der Waals surface area contributed by atoms with Crippen LogP contribution >= 0.6 is 0 Å². The smallest absolute Gasteiger partial charge is 0.379 e. The summed E-state index contributed by atoms with van der Waals surface area (Å²) in [5.41, 5.74) is 0.294. The van der Waals surface area contributed by atoms with E-state index in [9.17, 15) is 9.59 Å². The zero-order valence-corrected chi connectivity index (χ0v) is 37.4. The molecule has 0 aliphatic carbocycles. The molecule has 340 valence electrons. The van der Waals surface area contributed by atoms with Gasteiger partial charge in [0.2, 0.25) is 0 Å². The Hall–Kier alpha value is -3.42. The van der Waals surface area contributed by atoms with Crippen LogP contribution in [0.4, 0.5) is 0 Å². The molecular weight excluding hydrogens is 805 g/mol. The molecule has 15 heteroatoms. The largest absolute Gasteiger partial charge is 0.457 e. The van der Waals surface area contributed by atoms with Crippen LogP contribution in [0, 0.1) is 0 Å². The molecule has 0 aliphatic rings. The Kier molecular flexibility index (Phi) is 28.2. The van der Waals surface area contributed by atoms with Crippen molar-refractivity contribution in [1.82, 2.24) is 0 Å². The fraction of sp³-hybridized carbons (Fsp3) is 0.565. The van der Waals surface area contributed by atoms with Crippen LogP contribution in [0.15, 0.2) is 91.0 Å². The Morgan fingerprint density at radius 1 is 0.377 bits per heavy atom. The van der Waals surface area contributed by atoms with Gasteiger partial charge in [-0.15, -0.1) is 0 Å². The van der Waals surface area contributed by atoms with E-state index in [-0.39, 0.29) is 18.3 Å². The van der Waals surface area contributed by atoms with Crippen molar-refractivity contribution in [2.45, 2.75) is 25.8 Å². The van der Waals surface area contributed by atoms with Crippen molar-refractivity contribution < 1.29 is 66.1 Å². The number of carbonyl (C=O) groups is 2. The minimum Gasteiger partial charge on any atom is -0.457 e. The highest BCUT2D eigenvalue weighted by molar-refractivity contribution is 6.99. The predicted octanol–water partition coefficient (Wildman–Crippen LogP) is 4.16. The van der Waals surface area contributed by atoms with Gasteiger partial charge in [-0.1, -0.05) is 112 Å². The Morgan fingerprint density at radius 2 is 0.639 bits per heavy atom. The van der Waals surface area contributed by atoms with E-state index in [1.807, 2.05) is 12.1 Å². The molecule has 0 saturated heterocycles. The van der Waals surface area contributed by atoms with Crippen LogP contribution in [0.5, 0.6) is 0 Å². The number of ketones is 1. The molecule has 0 spiro atoms. The Labute approximate surface area is 363 Å². The molecule has 3 aromatic rings. The maximum absolute atomic E-state index is 11.9. The molecule has 0 fully saturated rings. The fourth-order valence-electron chi connectivity index (χ4n) is 6.06. The van der Waals surface area contributed by atoms with E-state index in [1.54, 1.807) is 30.3 Å². The summed E-state index contributed by atoms with van der Waals surface area (Å²) in [7, 11) is -2.55. The summed E-state index contributed by atoms with van der Waals surface area (Å²) in [5, 5.41) is 2.45. The van der Waals surface area contributed by atoms with Crippen LogP contribution in [-0.2, 0) is 61.3 Å². The molecule has 0 unspecified atom stereocenters. The van der Waals surface area contributed by atoms with Crippen molar-refractivity contribution in [1.29, 1.82) is 0 Å². The summed E-state index contributed by atoms with van der Waals surface area (Å²) in [6, 6.07) is 29.5. The van der Waals surface area contributed by atoms with E-state index in [4.69, 9.17) is 56.5 Å². The number of esters is 1. The lowest BCUT2D eigenvalue weighted by molar-refractivity contribution is -0.139. The molecule has 14 nitrogen and oxygen atoms in total. The van der Waals surface area contributed by atoms with Crippen molar-refractivity contribution in [2.24, 2.45) is 0 Å². The molecular formula is C46H68O14Si. The second-order valence-corrected chi connectivity index (χ2v) is 18.8. The summed E-state index contributed by atoms with van der Waals surface area (Å²) < 4.78 is 67.2. The number of rotatable bonds is 38. The zero-order valence-electron chi connectivity index (χ0n) is 36.4. The van der Waals surface area contributed by atoms with Crippen molar-refractivity contribution in [3.63, 3.8) is 0 Å². The Morgan fingerprint density at radius 3 is 0.934 bits per heavy atom. The molecule has 0 aliphatic heterocycles. The maximum atomic E-state index is 11.9. The van der Waals surface area contributed by atoms with E-state index in [2.05, 4.69) is 69.3 Å². The van der Waals surface area contributed by atoms with E-state index < -0.39 is 20.1 Å². The van der Waals surface area contributed by atoms with Gasteiger partial charge in [0.15, 0.2) is 0 Å². The average molecular weight is 873 g/mol. The van der Waals surface area contributed by atoms with Crippen molar-refractivity contribution in [3.8, 4) is 0 Å². The highest BCUT2D eigenvalue weighted by Gasteiger charge is 2.50. The Bertz CT molecular complexity index is 1470. The van der Waals surface area contributed by atoms with Gasteiger partial charge in [0, 0.05) is 5.56 Å². The van der Waals surface area contributed by atoms with Gasteiger partial charge in [-0.3, -0.25) is 4.79 Å². The van der Waals surface area contributed by atoms with Crippen molar-refractivity contribution >= 4 is 30.4 Å². The lowest BCUT2D eigenvalue weighted by atomic mass is 10.1. The highest BCUT2D eigenvalue weighted by Crippen LogP contribution is 2.36. The van der Waals surface area contributed by atoms with Crippen LogP contribution in [0.25, 0.3) is 0 Å². The molecule has 3 rings (SSSR count). The third-order valence-corrected chi connectivity index (χ3v) is 14.0. The summed E-state index contributed by atoms with van der Waals surface area (Å²) in [6.45, 7) is 16.3. The van der Waals surface area contributed by atoms with Gasteiger partial charge >= 0.3 is 5.97 Å². The first-order valence-corrected chi connectivity index (χ1v) is 23.1. The minimum absolute atomic E-state index is 0.00580. The molecule has 61 heavy (non-hydrogen) atoms. The number of Topliss-reactive ketones (excluding diaryl/α,β-unsaturated/α-hetero) is 1. The monoisotopic (exact) mass is 872 g/mol. The van der Waals surface area contributed by atoms with Gasteiger partial charge in [0.05, 0.1) is 139 Å². The molecule has 0 saturated carbocycles. The van der Waals surface area contributed by atoms with Gasteiger partial charge in [0.1, 0.15) is 6.61 Å². The molecule has 0 N–H and O–H groups in total. The summed E-state index contributed by atoms with van der Waals surface area (Å²) in [6.07, 6.45) is 0.